The minimum Gasteiger partial charge on any atom is -0.494 e. The van der Waals surface area contributed by atoms with Gasteiger partial charge in [-0.3, -0.25) is 9.59 Å². The Balaban J connectivity index is 1.85. The lowest BCUT2D eigenvalue weighted by Crippen LogP contribution is -2.27. The Kier molecular flexibility index (Phi) is 6.03. The summed E-state index contributed by atoms with van der Waals surface area (Å²) in [6.45, 7) is -0.542. The van der Waals surface area contributed by atoms with Crippen LogP contribution in [0.15, 0.2) is 35.1 Å². The molecule has 0 saturated heterocycles. The zero-order valence-corrected chi connectivity index (χ0v) is 15.3. The highest BCUT2D eigenvalue weighted by molar-refractivity contribution is 5.93. The molecule has 0 spiro atoms. The Bertz CT molecular complexity index is 1120. The molecule has 152 valence electrons. The summed E-state index contributed by atoms with van der Waals surface area (Å²) in [7, 11) is 1.33. The van der Waals surface area contributed by atoms with Crippen LogP contribution in [0.5, 0.6) is 11.5 Å². The number of aromatic amines is 1. The Hall–Kier alpha value is -3.53. The number of amides is 1. The maximum Gasteiger partial charge on any atom is 0.287 e. The van der Waals surface area contributed by atoms with Gasteiger partial charge in [0.25, 0.3) is 11.5 Å². The van der Waals surface area contributed by atoms with E-state index in [-0.39, 0.29) is 48.0 Å². The van der Waals surface area contributed by atoms with Crippen molar-refractivity contribution in [3.05, 3.63) is 63.7 Å². The van der Waals surface area contributed by atoms with Gasteiger partial charge in [-0.05, 0) is 29.8 Å². The Labute approximate surface area is 163 Å². The maximum atomic E-state index is 14.0. The normalized spacial score (nSPS) is 10.8. The Morgan fingerprint density at radius 2 is 2.00 bits per heavy atom. The van der Waals surface area contributed by atoms with Gasteiger partial charge < -0.3 is 24.9 Å². The van der Waals surface area contributed by atoms with Crippen LogP contribution in [0.3, 0.4) is 0 Å². The van der Waals surface area contributed by atoms with Crippen LogP contribution in [0.4, 0.5) is 8.78 Å². The number of hydrogen-bond donors (Lipinski definition) is 3. The van der Waals surface area contributed by atoms with E-state index in [1.54, 1.807) is 0 Å². The summed E-state index contributed by atoms with van der Waals surface area (Å²) in [5, 5.41) is 11.2. The van der Waals surface area contributed by atoms with Crippen molar-refractivity contribution in [2.75, 3.05) is 20.3 Å². The van der Waals surface area contributed by atoms with Crippen molar-refractivity contribution >= 4 is 16.8 Å². The number of nitrogens with zero attached hydrogens (tertiary/aromatic N) is 1. The summed E-state index contributed by atoms with van der Waals surface area (Å²) >= 11 is 0. The van der Waals surface area contributed by atoms with Crippen molar-refractivity contribution in [3.63, 3.8) is 0 Å². The van der Waals surface area contributed by atoms with Crippen LogP contribution in [-0.4, -0.2) is 41.3 Å². The van der Waals surface area contributed by atoms with Crippen molar-refractivity contribution in [1.82, 2.24) is 15.3 Å². The molecular weight excluding hydrogens is 388 g/mol. The fraction of sp³-hybridized carbons (Fsp3) is 0.211. The molecule has 0 radical (unpaired) electrons. The van der Waals surface area contributed by atoms with Gasteiger partial charge in [0.05, 0.1) is 19.2 Å². The second-order valence-electron chi connectivity index (χ2n) is 5.91. The minimum atomic E-state index is -0.791. The average molecular weight is 405 g/mol. The number of aromatic nitrogens is 2. The number of H-pyrrole nitrogens is 1. The molecule has 0 saturated carbocycles. The lowest BCUT2D eigenvalue weighted by atomic mass is 10.2. The molecule has 0 bridgehead atoms. The number of ether oxygens (including phenoxy) is 2. The van der Waals surface area contributed by atoms with E-state index in [0.29, 0.717) is 5.56 Å². The Morgan fingerprint density at radius 3 is 2.72 bits per heavy atom. The number of benzene rings is 2. The molecule has 0 aliphatic heterocycles. The monoisotopic (exact) mass is 405 g/mol. The molecule has 0 unspecified atom stereocenters. The summed E-state index contributed by atoms with van der Waals surface area (Å²) < 4.78 is 37.4. The highest BCUT2D eigenvalue weighted by Crippen LogP contribution is 2.25. The quantitative estimate of drug-likeness (QED) is 0.549. The zero-order chi connectivity index (χ0) is 21.0. The standard InChI is InChI=1S/C19H17F2N3O5/c1-28-14-8-10(2-3-11(14)20)9-22-19(27)17-23-13-5-4-12(21)16(29-7-6-25)15(13)18(26)24-17/h2-5,8,25H,6-7,9H2,1H3,(H,22,27)(H,23,24,26). The molecule has 0 atom stereocenters. The van der Waals surface area contributed by atoms with Gasteiger partial charge in [0, 0.05) is 6.54 Å². The number of fused-ring (bicyclic) bond motifs is 1. The van der Waals surface area contributed by atoms with Gasteiger partial charge in [0.15, 0.2) is 29.0 Å². The van der Waals surface area contributed by atoms with Crippen molar-refractivity contribution in [1.29, 1.82) is 0 Å². The van der Waals surface area contributed by atoms with E-state index in [9.17, 15) is 18.4 Å². The Morgan fingerprint density at radius 1 is 1.24 bits per heavy atom. The van der Waals surface area contributed by atoms with Gasteiger partial charge in [0.2, 0.25) is 0 Å². The molecule has 1 aromatic heterocycles. The lowest BCUT2D eigenvalue weighted by molar-refractivity contribution is 0.0940. The first-order valence-electron chi connectivity index (χ1n) is 8.51. The highest BCUT2D eigenvalue weighted by atomic mass is 19.1. The van der Waals surface area contributed by atoms with E-state index in [1.165, 1.54) is 31.4 Å². The maximum absolute atomic E-state index is 14.0. The van der Waals surface area contributed by atoms with Crippen molar-refractivity contribution < 1.29 is 28.2 Å². The molecule has 3 rings (SSSR count). The van der Waals surface area contributed by atoms with E-state index in [4.69, 9.17) is 14.6 Å². The third-order valence-corrected chi connectivity index (χ3v) is 4.00. The number of methoxy groups -OCH3 is 1. The molecular formula is C19H17F2N3O5. The van der Waals surface area contributed by atoms with Gasteiger partial charge >= 0.3 is 0 Å². The van der Waals surface area contributed by atoms with Crippen molar-refractivity contribution in [3.8, 4) is 11.5 Å². The summed E-state index contributed by atoms with van der Waals surface area (Å²) in [6.07, 6.45) is 0. The van der Waals surface area contributed by atoms with Crippen LogP contribution in [0.1, 0.15) is 16.2 Å². The first-order chi connectivity index (χ1) is 13.9. The second kappa shape index (κ2) is 8.65. The van der Waals surface area contributed by atoms with Crippen LogP contribution < -0.4 is 20.3 Å². The number of carbonyl (C=O) groups excluding carboxylic acids is 1. The van der Waals surface area contributed by atoms with Gasteiger partial charge in [-0.1, -0.05) is 6.07 Å². The zero-order valence-electron chi connectivity index (χ0n) is 15.3. The first kappa shape index (κ1) is 20.2. The van der Waals surface area contributed by atoms with E-state index < -0.39 is 23.1 Å². The van der Waals surface area contributed by atoms with Crippen LogP contribution in [0, 0.1) is 11.6 Å². The second-order valence-corrected chi connectivity index (χ2v) is 5.91. The van der Waals surface area contributed by atoms with E-state index >= 15 is 0 Å². The van der Waals surface area contributed by atoms with E-state index in [0.717, 1.165) is 6.07 Å². The fourth-order valence-electron chi connectivity index (χ4n) is 2.65. The molecule has 1 heterocycles. The van der Waals surface area contributed by atoms with Gasteiger partial charge in [-0.2, -0.15) is 0 Å². The molecule has 0 aliphatic rings. The van der Waals surface area contributed by atoms with E-state index in [1.807, 2.05) is 0 Å². The average Bonchev–Trinajstić information content (AvgIpc) is 2.72. The first-order valence-corrected chi connectivity index (χ1v) is 8.51. The molecule has 2 aromatic carbocycles. The van der Waals surface area contributed by atoms with Crippen LogP contribution in [0.2, 0.25) is 0 Å². The number of hydrogen-bond acceptors (Lipinski definition) is 6. The number of halogens is 2. The molecule has 0 fully saturated rings. The number of aliphatic hydroxyl groups is 1. The predicted molar refractivity (Wildman–Crippen MR) is 99.0 cm³/mol. The van der Waals surface area contributed by atoms with Crippen molar-refractivity contribution in [2.45, 2.75) is 6.54 Å². The van der Waals surface area contributed by atoms with Gasteiger partial charge in [-0.25, -0.2) is 13.8 Å². The van der Waals surface area contributed by atoms with Crippen LogP contribution in [0.25, 0.3) is 10.9 Å². The smallest absolute Gasteiger partial charge is 0.287 e. The third-order valence-electron chi connectivity index (χ3n) is 4.00. The van der Waals surface area contributed by atoms with Crippen molar-refractivity contribution in [2.24, 2.45) is 0 Å². The molecule has 29 heavy (non-hydrogen) atoms. The topological polar surface area (TPSA) is 114 Å². The highest BCUT2D eigenvalue weighted by Gasteiger charge is 2.17. The van der Waals surface area contributed by atoms with E-state index in [2.05, 4.69) is 15.3 Å². The minimum absolute atomic E-state index is 0.0332. The molecule has 10 heteroatoms. The predicted octanol–water partition coefficient (Wildman–Crippen LogP) is 1.51. The number of rotatable bonds is 7. The molecule has 8 nitrogen and oxygen atoms in total. The summed E-state index contributed by atoms with van der Waals surface area (Å²) in [5.74, 6) is -2.61. The molecule has 3 N–H and O–H groups in total. The van der Waals surface area contributed by atoms with Gasteiger partial charge in [0.1, 0.15) is 12.0 Å². The lowest BCUT2D eigenvalue weighted by Gasteiger charge is -2.10. The molecule has 1 amide bonds. The number of carbonyl (C=O) groups is 1. The SMILES string of the molecule is COc1cc(CNC(=O)c2nc3ccc(F)c(OCCO)c3c(=O)[nH]2)ccc1F. The third kappa shape index (κ3) is 4.32. The largest absolute Gasteiger partial charge is 0.494 e. The molecule has 0 aliphatic carbocycles. The number of nitrogens with one attached hydrogen (secondary N) is 2. The van der Waals surface area contributed by atoms with Crippen LogP contribution in [-0.2, 0) is 6.54 Å². The molecule has 3 aromatic rings. The summed E-state index contributed by atoms with van der Waals surface area (Å²) in [6, 6.07) is 6.40. The van der Waals surface area contributed by atoms with Gasteiger partial charge in [-0.15, -0.1) is 0 Å². The summed E-state index contributed by atoms with van der Waals surface area (Å²) in [5.41, 5.74) is -0.144. The number of aliphatic hydroxyl groups excluding tert-OH is 1. The summed E-state index contributed by atoms with van der Waals surface area (Å²) in [4.78, 5) is 31.1. The van der Waals surface area contributed by atoms with Crippen LogP contribution >= 0.6 is 0 Å². The fourth-order valence-corrected chi connectivity index (χ4v) is 2.65.